The minimum absolute atomic E-state index is 0.0610. The Morgan fingerprint density at radius 3 is 2.74 bits per heavy atom. The number of sulfonamides is 1. The number of nitrogens with zero attached hydrogens (tertiary/aromatic N) is 1. The first-order valence-corrected chi connectivity index (χ1v) is 10.2. The predicted octanol–water partition coefficient (Wildman–Crippen LogP) is 2.30. The van der Waals surface area contributed by atoms with Crippen molar-refractivity contribution >= 4 is 27.3 Å². The first-order valence-electron chi connectivity index (χ1n) is 7.78. The Morgan fingerprint density at radius 2 is 2.11 bits per heavy atom. The fourth-order valence-corrected chi connectivity index (χ4v) is 3.53. The molecular weight excluding hydrogens is 390 g/mol. The highest BCUT2D eigenvalue weighted by Gasteiger charge is 2.18. The summed E-state index contributed by atoms with van der Waals surface area (Å²) >= 11 is 1.52. The van der Waals surface area contributed by atoms with Crippen LogP contribution in [0.1, 0.15) is 21.1 Å². The summed E-state index contributed by atoms with van der Waals surface area (Å²) in [5.41, 5.74) is 0.795. The zero-order chi connectivity index (χ0) is 19.6. The molecule has 3 rings (SSSR count). The Hall–Kier alpha value is -2.69. The number of furan rings is 1. The highest BCUT2D eigenvalue weighted by molar-refractivity contribution is 7.89. The molecule has 0 fully saturated rings. The Labute approximate surface area is 160 Å². The lowest BCUT2D eigenvalue weighted by atomic mass is 10.2. The van der Waals surface area contributed by atoms with Crippen LogP contribution in [0, 0.1) is 6.92 Å². The van der Waals surface area contributed by atoms with Crippen molar-refractivity contribution in [3.05, 3.63) is 52.0 Å². The quantitative estimate of drug-likeness (QED) is 0.646. The Kier molecular flexibility index (Phi) is 5.31. The molecule has 1 amide bonds. The lowest BCUT2D eigenvalue weighted by molar-refractivity contribution is 0.0945. The fourth-order valence-electron chi connectivity index (χ4n) is 2.39. The van der Waals surface area contributed by atoms with Crippen LogP contribution in [0.4, 0.5) is 0 Å². The molecule has 3 N–H and O–H groups in total. The van der Waals surface area contributed by atoms with E-state index in [1.807, 2.05) is 12.3 Å². The molecule has 0 aliphatic carbocycles. The number of thiazole rings is 1. The average Bonchev–Trinajstić information content (AvgIpc) is 3.27. The number of carbonyl (C=O) groups excluding carboxylic acids is 1. The van der Waals surface area contributed by atoms with Crippen LogP contribution >= 0.6 is 11.3 Å². The summed E-state index contributed by atoms with van der Waals surface area (Å²) < 4.78 is 33.8. The van der Waals surface area contributed by atoms with Gasteiger partial charge in [-0.3, -0.25) is 4.79 Å². The molecule has 27 heavy (non-hydrogen) atoms. The van der Waals surface area contributed by atoms with Crippen molar-refractivity contribution in [3.63, 3.8) is 0 Å². The van der Waals surface area contributed by atoms with Gasteiger partial charge in [0.1, 0.15) is 17.2 Å². The van der Waals surface area contributed by atoms with Crippen LogP contribution in [0.3, 0.4) is 0 Å². The number of benzene rings is 1. The number of methoxy groups -OCH3 is 1. The molecule has 2 aromatic heterocycles. The van der Waals surface area contributed by atoms with Gasteiger partial charge in [-0.25, -0.2) is 18.5 Å². The van der Waals surface area contributed by atoms with Gasteiger partial charge < -0.3 is 14.5 Å². The number of nitrogens with two attached hydrogens (primary N) is 1. The summed E-state index contributed by atoms with van der Waals surface area (Å²) in [5.74, 6) is 0.862. The van der Waals surface area contributed by atoms with Crippen LogP contribution in [0.15, 0.2) is 45.0 Å². The molecule has 0 radical (unpaired) electrons. The number of aryl methyl sites for hydroxylation is 1. The van der Waals surface area contributed by atoms with Gasteiger partial charge in [-0.2, -0.15) is 0 Å². The van der Waals surface area contributed by atoms with Gasteiger partial charge in [0.2, 0.25) is 10.0 Å². The van der Waals surface area contributed by atoms with Gasteiger partial charge in [0.05, 0.1) is 29.1 Å². The molecule has 142 valence electrons. The highest BCUT2D eigenvalue weighted by Crippen LogP contribution is 2.24. The maximum atomic E-state index is 12.5. The number of hydrogen-bond donors (Lipinski definition) is 2. The van der Waals surface area contributed by atoms with Crippen LogP contribution in [-0.4, -0.2) is 26.4 Å². The molecule has 0 spiro atoms. The second-order valence-corrected chi connectivity index (χ2v) is 8.23. The van der Waals surface area contributed by atoms with Crippen LogP contribution in [0.2, 0.25) is 0 Å². The molecule has 1 aromatic carbocycles. The summed E-state index contributed by atoms with van der Waals surface area (Å²) in [6.07, 6.45) is 0. The monoisotopic (exact) mass is 407 g/mol. The Balaban J connectivity index is 1.75. The standard InChI is InChI=1S/C17H17N3O5S2/c1-10-20-14(9-26-10)16-5-3-11(25-16)8-19-17(21)13-7-12(27(18,22)23)4-6-15(13)24-2/h3-7,9H,8H2,1-2H3,(H,19,21)(H2,18,22,23). The van der Waals surface area contributed by atoms with E-state index in [1.165, 1.54) is 36.6 Å². The topological polar surface area (TPSA) is 125 Å². The first-order chi connectivity index (χ1) is 12.8. The average molecular weight is 407 g/mol. The maximum Gasteiger partial charge on any atom is 0.255 e. The summed E-state index contributed by atoms with van der Waals surface area (Å²) in [5, 5.41) is 10.6. The normalized spacial score (nSPS) is 11.4. The molecule has 0 bridgehead atoms. The number of aromatic nitrogens is 1. The SMILES string of the molecule is COc1ccc(S(N)(=O)=O)cc1C(=O)NCc1ccc(-c2csc(C)n2)o1. The van der Waals surface area contributed by atoms with Crippen LogP contribution < -0.4 is 15.2 Å². The van der Waals surface area contributed by atoms with Crippen LogP contribution in [0.25, 0.3) is 11.5 Å². The second-order valence-electron chi connectivity index (χ2n) is 5.61. The van der Waals surface area contributed by atoms with Gasteiger partial charge in [0.25, 0.3) is 5.91 Å². The van der Waals surface area contributed by atoms with Gasteiger partial charge in [0.15, 0.2) is 5.76 Å². The van der Waals surface area contributed by atoms with Crippen LogP contribution in [-0.2, 0) is 16.6 Å². The van der Waals surface area contributed by atoms with Gasteiger partial charge >= 0.3 is 0 Å². The van der Waals surface area contributed by atoms with Crippen molar-refractivity contribution in [2.45, 2.75) is 18.4 Å². The molecule has 0 saturated heterocycles. The maximum absolute atomic E-state index is 12.5. The van der Waals surface area contributed by atoms with E-state index >= 15 is 0 Å². The molecule has 0 aliphatic rings. The minimum Gasteiger partial charge on any atom is -0.496 e. The number of amides is 1. The lowest BCUT2D eigenvalue weighted by Gasteiger charge is -2.10. The number of hydrogen-bond acceptors (Lipinski definition) is 7. The van der Waals surface area contributed by atoms with E-state index in [0.717, 1.165) is 10.7 Å². The third-order valence-electron chi connectivity index (χ3n) is 3.70. The second kappa shape index (κ2) is 7.51. The van der Waals surface area contributed by atoms with Crippen molar-refractivity contribution in [1.82, 2.24) is 10.3 Å². The molecule has 8 nitrogen and oxygen atoms in total. The molecule has 3 aromatic rings. The van der Waals surface area contributed by atoms with Gasteiger partial charge in [0, 0.05) is 5.38 Å². The molecule has 10 heteroatoms. The number of primary sulfonamides is 1. The summed E-state index contributed by atoms with van der Waals surface area (Å²) in [6, 6.07) is 7.35. The van der Waals surface area contributed by atoms with Crippen molar-refractivity contribution in [3.8, 4) is 17.2 Å². The number of ether oxygens (including phenoxy) is 1. The molecule has 0 saturated carbocycles. The Morgan fingerprint density at radius 1 is 1.33 bits per heavy atom. The van der Waals surface area contributed by atoms with E-state index in [1.54, 1.807) is 12.1 Å². The van der Waals surface area contributed by atoms with E-state index < -0.39 is 15.9 Å². The Bertz CT molecular complexity index is 1090. The van der Waals surface area contributed by atoms with Crippen molar-refractivity contribution in [2.24, 2.45) is 5.14 Å². The van der Waals surface area contributed by atoms with Crippen molar-refractivity contribution < 1.29 is 22.4 Å². The highest BCUT2D eigenvalue weighted by atomic mass is 32.2. The fraction of sp³-hybridized carbons (Fsp3) is 0.176. The van der Waals surface area contributed by atoms with Crippen molar-refractivity contribution in [1.29, 1.82) is 0 Å². The molecule has 2 heterocycles. The van der Waals surface area contributed by atoms with E-state index in [-0.39, 0.29) is 22.8 Å². The third-order valence-corrected chi connectivity index (χ3v) is 5.38. The number of rotatable bonds is 6. The van der Waals surface area contributed by atoms with Gasteiger partial charge in [-0.05, 0) is 37.3 Å². The van der Waals surface area contributed by atoms with Crippen LogP contribution in [0.5, 0.6) is 5.75 Å². The molecule has 0 atom stereocenters. The van der Waals surface area contributed by atoms with Crippen molar-refractivity contribution in [2.75, 3.05) is 7.11 Å². The molecule has 0 aliphatic heterocycles. The zero-order valence-corrected chi connectivity index (χ0v) is 16.2. The zero-order valence-electron chi connectivity index (χ0n) is 14.6. The largest absolute Gasteiger partial charge is 0.496 e. The number of carbonyl (C=O) groups is 1. The van der Waals surface area contributed by atoms with E-state index in [4.69, 9.17) is 14.3 Å². The van der Waals surface area contributed by atoms with Gasteiger partial charge in [-0.1, -0.05) is 0 Å². The third kappa shape index (κ3) is 4.35. The van der Waals surface area contributed by atoms with E-state index in [9.17, 15) is 13.2 Å². The smallest absolute Gasteiger partial charge is 0.255 e. The van der Waals surface area contributed by atoms with E-state index in [0.29, 0.717) is 11.5 Å². The van der Waals surface area contributed by atoms with Gasteiger partial charge in [-0.15, -0.1) is 11.3 Å². The lowest BCUT2D eigenvalue weighted by Crippen LogP contribution is -2.24. The number of nitrogens with one attached hydrogen (secondary N) is 1. The summed E-state index contributed by atoms with van der Waals surface area (Å²) in [4.78, 5) is 16.6. The summed E-state index contributed by atoms with van der Waals surface area (Å²) in [7, 11) is -2.55. The molecule has 0 unspecified atom stereocenters. The summed E-state index contributed by atoms with van der Waals surface area (Å²) in [6.45, 7) is 2.02. The molecular formula is C17H17N3O5S2. The first kappa shape index (κ1) is 19.1. The minimum atomic E-state index is -3.94. The predicted molar refractivity (Wildman–Crippen MR) is 100 cm³/mol. The van der Waals surface area contributed by atoms with E-state index in [2.05, 4.69) is 10.3 Å².